The minimum atomic E-state index is -3.95. The molecule has 2 rings (SSSR count). The Bertz CT molecular complexity index is 903. The highest BCUT2D eigenvalue weighted by Crippen LogP contribution is 2.27. The third-order valence-corrected chi connectivity index (χ3v) is 6.14. The lowest BCUT2D eigenvalue weighted by Gasteiger charge is -2.18. The van der Waals surface area contributed by atoms with Gasteiger partial charge in [-0.15, -0.1) is 0 Å². The Kier molecular flexibility index (Phi) is 6.88. The molecule has 0 saturated carbocycles. The molecule has 2 aromatic carbocycles. The van der Waals surface area contributed by atoms with Crippen molar-refractivity contribution in [2.75, 3.05) is 20.7 Å². The predicted octanol–water partition coefficient (Wildman–Crippen LogP) is 2.94. The molecule has 0 radical (unpaired) electrons. The molecule has 0 aromatic heterocycles. The predicted molar refractivity (Wildman–Crippen MR) is 101 cm³/mol. The van der Waals surface area contributed by atoms with E-state index >= 15 is 0 Å². The zero-order valence-electron chi connectivity index (χ0n) is 14.2. The number of ether oxygens (including phenoxy) is 1. The normalized spacial score (nSPS) is 11.4. The number of rotatable bonds is 7. The van der Waals surface area contributed by atoms with Gasteiger partial charge in [-0.05, 0) is 24.3 Å². The summed E-state index contributed by atoms with van der Waals surface area (Å²) < 4.78 is 31.3. The van der Waals surface area contributed by atoms with E-state index in [1.165, 1.54) is 32.4 Å². The van der Waals surface area contributed by atoms with E-state index in [9.17, 15) is 13.2 Å². The summed E-state index contributed by atoms with van der Waals surface area (Å²) in [6, 6.07) is 11.4. The maximum atomic E-state index is 12.6. The number of halogens is 2. The third-order valence-electron chi connectivity index (χ3n) is 3.62. The van der Waals surface area contributed by atoms with Crippen molar-refractivity contribution in [1.82, 2.24) is 9.62 Å². The van der Waals surface area contributed by atoms with E-state index in [-0.39, 0.29) is 28.0 Å². The summed E-state index contributed by atoms with van der Waals surface area (Å²) in [5.41, 5.74) is 0.784. The number of carbonyl (C=O) groups excluding carboxylic acids is 1. The standard InChI is InChI=1S/C17H18Cl2N2O4S/c1-21(26(23,24)16-9-13(18)7-8-14(16)19)11-17(22)20-10-12-5-3-4-6-15(12)25-2/h3-9H,10-11H2,1-2H3,(H,20,22). The Morgan fingerprint density at radius 1 is 1.19 bits per heavy atom. The summed E-state index contributed by atoms with van der Waals surface area (Å²) >= 11 is 11.8. The van der Waals surface area contributed by atoms with Crippen LogP contribution in [0.1, 0.15) is 5.56 Å². The van der Waals surface area contributed by atoms with Gasteiger partial charge in [0, 0.05) is 24.2 Å². The van der Waals surface area contributed by atoms with Crippen molar-refractivity contribution in [1.29, 1.82) is 0 Å². The summed E-state index contributed by atoms with van der Waals surface area (Å²) in [5.74, 6) is 0.180. The molecule has 0 heterocycles. The summed E-state index contributed by atoms with van der Waals surface area (Å²) in [6.45, 7) is -0.144. The van der Waals surface area contributed by atoms with Crippen LogP contribution in [-0.4, -0.2) is 39.3 Å². The van der Waals surface area contributed by atoms with Crippen LogP contribution in [0.2, 0.25) is 10.0 Å². The molecule has 0 bridgehead atoms. The van der Waals surface area contributed by atoms with Gasteiger partial charge < -0.3 is 10.1 Å². The molecule has 0 saturated heterocycles. The fraction of sp³-hybridized carbons (Fsp3) is 0.235. The summed E-state index contributed by atoms with van der Waals surface area (Å²) in [4.78, 5) is 12.0. The van der Waals surface area contributed by atoms with E-state index in [2.05, 4.69) is 5.32 Å². The molecule has 140 valence electrons. The highest BCUT2D eigenvalue weighted by Gasteiger charge is 2.25. The number of sulfonamides is 1. The fourth-order valence-electron chi connectivity index (χ4n) is 2.23. The van der Waals surface area contributed by atoms with Gasteiger partial charge in [-0.25, -0.2) is 8.42 Å². The number of likely N-dealkylation sites (N-methyl/N-ethyl adjacent to an activating group) is 1. The van der Waals surface area contributed by atoms with Gasteiger partial charge in [0.25, 0.3) is 0 Å². The van der Waals surface area contributed by atoms with Gasteiger partial charge in [0.1, 0.15) is 10.6 Å². The Morgan fingerprint density at radius 3 is 2.58 bits per heavy atom. The Morgan fingerprint density at radius 2 is 1.88 bits per heavy atom. The van der Waals surface area contributed by atoms with Crippen molar-refractivity contribution in [3.8, 4) is 5.75 Å². The van der Waals surface area contributed by atoms with E-state index in [1.807, 2.05) is 18.2 Å². The van der Waals surface area contributed by atoms with Crippen molar-refractivity contribution >= 4 is 39.1 Å². The molecule has 0 aliphatic carbocycles. The van der Waals surface area contributed by atoms with Gasteiger partial charge in [0.15, 0.2) is 0 Å². The minimum absolute atomic E-state index is 0.0377. The molecular weight excluding hydrogens is 399 g/mol. The second kappa shape index (κ2) is 8.73. The first-order valence-corrected chi connectivity index (χ1v) is 9.75. The van der Waals surface area contributed by atoms with Crippen molar-refractivity contribution < 1.29 is 17.9 Å². The van der Waals surface area contributed by atoms with Gasteiger partial charge >= 0.3 is 0 Å². The highest BCUT2D eigenvalue weighted by molar-refractivity contribution is 7.89. The average molecular weight is 417 g/mol. The first kappa shape index (κ1) is 20.5. The van der Waals surface area contributed by atoms with E-state index in [0.717, 1.165) is 9.87 Å². The minimum Gasteiger partial charge on any atom is -0.496 e. The summed E-state index contributed by atoms with van der Waals surface area (Å²) in [6.07, 6.45) is 0. The van der Waals surface area contributed by atoms with Gasteiger partial charge in [-0.2, -0.15) is 4.31 Å². The van der Waals surface area contributed by atoms with Crippen LogP contribution in [0.3, 0.4) is 0 Å². The molecule has 6 nitrogen and oxygen atoms in total. The number of hydrogen-bond acceptors (Lipinski definition) is 4. The molecule has 0 spiro atoms. The van der Waals surface area contributed by atoms with Crippen LogP contribution in [0.5, 0.6) is 5.75 Å². The first-order valence-electron chi connectivity index (χ1n) is 7.55. The van der Waals surface area contributed by atoms with Crippen LogP contribution in [0.4, 0.5) is 0 Å². The summed E-state index contributed by atoms with van der Waals surface area (Å²) in [7, 11) is -1.11. The van der Waals surface area contributed by atoms with Gasteiger partial charge in [-0.1, -0.05) is 41.4 Å². The number of hydrogen-bond donors (Lipinski definition) is 1. The largest absolute Gasteiger partial charge is 0.496 e. The van der Waals surface area contributed by atoms with Crippen molar-refractivity contribution in [3.05, 3.63) is 58.1 Å². The number of benzene rings is 2. The molecule has 9 heteroatoms. The smallest absolute Gasteiger partial charge is 0.244 e. The topological polar surface area (TPSA) is 75.7 Å². The lowest BCUT2D eigenvalue weighted by Crippen LogP contribution is -2.38. The molecule has 0 aliphatic rings. The Balaban J connectivity index is 2.05. The molecule has 0 aliphatic heterocycles. The highest BCUT2D eigenvalue weighted by atomic mass is 35.5. The van der Waals surface area contributed by atoms with Gasteiger partial charge in [0.05, 0.1) is 18.7 Å². The van der Waals surface area contributed by atoms with Crippen molar-refractivity contribution in [3.63, 3.8) is 0 Å². The number of carbonyl (C=O) groups is 1. The van der Waals surface area contributed by atoms with E-state index in [4.69, 9.17) is 27.9 Å². The SMILES string of the molecule is COc1ccccc1CNC(=O)CN(C)S(=O)(=O)c1cc(Cl)ccc1Cl. The average Bonchev–Trinajstić information content (AvgIpc) is 2.62. The first-order chi connectivity index (χ1) is 12.3. The Hall–Kier alpha value is -1.80. The van der Waals surface area contributed by atoms with Crippen LogP contribution >= 0.6 is 23.2 Å². The second-order valence-corrected chi connectivity index (χ2v) is 8.28. The van der Waals surface area contributed by atoms with E-state index < -0.39 is 15.9 Å². The lowest BCUT2D eigenvalue weighted by molar-refractivity contribution is -0.121. The number of para-hydroxylation sites is 1. The zero-order chi connectivity index (χ0) is 19.3. The Labute approximate surface area is 162 Å². The molecule has 0 unspecified atom stereocenters. The third kappa shape index (κ3) is 4.88. The zero-order valence-corrected chi connectivity index (χ0v) is 16.5. The molecule has 1 amide bonds. The molecule has 0 atom stereocenters. The number of nitrogens with zero attached hydrogens (tertiary/aromatic N) is 1. The van der Waals surface area contributed by atoms with Gasteiger partial charge in [0.2, 0.25) is 15.9 Å². The monoisotopic (exact) mass is 416 g/mol. The van der Waals surface area contributed by atoms with E-state index in [0.29, 0.717) is 5.75 Å². The number of methoxy groups -OCH3 is 1. The van der Waals surface area contributed by atoms with Crippen LogP contribution in [0, 0.1) is 0 Å². The van der Waals surface area contributed by atoms with Crippen LogP contribution < -0.4 is 10.1 Å². The van der Waals surface area contributed by atoms with Crippen molar-refractivity contribution in [2.45, 2.75) is 11.4 Å². The molecule has 1 N–H and O–H groups in total. The molecular formula is C17H18Cl2N2O4S. The van der Waals surface area contributed by atoms with Gasteiger partial charge in [-0.3, -0.25) is 4.79 Å². The molecule has 2 aromatic rings. The fourth-order valence-corrected chi connectivity index (χ4v) is 4.09. The van der Waals surface area contributed by atoms with E-state index in [1.54, 1.807) is 6.07 Å². The molecule has 26 heavy (non-hydrogen) atoms. The van der Waals surface area contributed by atoms with Crippen LogP contribution in [0.15, 0.2) is 47.4 Å². The molecule has 0 fully saturated rings. The summed E-state index contributed by atoms with van der Waals surface area (Å²) in [5, 5.41) is 2.95. The number of amides is 1. The van der Waals surface area contributed by atoms with Crippen LogP contribution in [-0.2, 0) is 21.4 Å². The quantitative estimate of drug-likeness (QED) is 0.752. The van der Waals surface area contributed by atoms with Crippen LogP contribution in [0.25, 0.3) is 0 Å². The van der Waals surface area contributed by atoms with Crippen molar-refractivity contribution in [2.24, 2.45) is 0 Å². The maximum Gasteiger partial charge on any atom is 0.244 e. The lowest BCUT2D eigenvalue weighted by atomic mass is 10.2. The number of nitrogens with one attached hydrogen (secondary N) is 1. The second-order valence-electron chi connectivity index (χ2n) is 5.42. The maximum absolute atomic E-state index is 12.6.